The van der Waals surface area contributed by atoms with Crippen molar-refractivity contribution in [2.75, 3.05) is 11.5 Å². The van der Waals surface area contributed by atoms with Crippen molar-refractivity contribution in [1.82, 2.24) is 0 Å². The molecule has 0 aromatic heterocycles. The summed E-state index contributed by atoms with van der Waals surface area (Å²) >= 11 is 1.25. The largest absolute Gasteiger partial charge is 0.491 e. The first kappa shape index (κ1) is 21.1. The Hall–Kier alpha value is -1.24. The molecule has 1 aliphatic heterocycles. The van der Waals surface area contributed by atoms with E-state index in [0.29, 0.717) is 17.4 Å². The molecule has 2 N–H and O–H groups in total. The van der Waals surface area contributed by atoms with Crippen LogP contribution in [0.15, 0.2) is 23.7 Å². The van der Waals surface area contributed by atoms with E-state index in [-0.39, 0.29) is 5.12 Å². The van der Waals surface area contributed by atoms with Crippen LogP contribution in [0.5, 0.6) is 0 Å². The molecule has 0 bridgehead atoms. The SMILES string of the molecule is CC(=O)SCC(=Cc1cc(C(C)C)ccc1N)B1OC(C)(C)C(C)(C)O1. The molecule has 0 radical (unpaired) electrons. The van der Waals surface area contributed by atoms with Crippen LogP contribution >= 0.6 is 11.8 Å². The van der Waals surface area contributed by atoms with E-state index in [0.717, 1.165) is 11.0 Å². The number of anilines is 1. The molecular weight excluding hydrogens is 345 g/mol. The van der Waals surface area contributed by atoms with E-state index in [4.69, 9.17) is 15.0 Å². The summed E-state index contributed by atoms with van der Waals surface area (Å²) in [4.78, 5) is 11.5. The summed E-state index contributed by atoms with van der Waals surface area (Å²) in [5.74, 6) is 0.923. The fourth-order valence-electron chi connectivity index (χ4n) is 2.63. The molecule has 2 rings (SSSR count). The molecule has 1 saturated heterocycles. The zero-order valence-corrected chi connectivity index (χ0v) is 17.7. The van der Waals surface area contributed by atoms with E-state index in [9.17, 15) is 4.79 Å². The average Bonchev–Trinajstić information content (AvgIpc) is 2.72. The maximum absolute atomic E-state index is 11.5. The number of hydrogen-bond donors (Lipinski definition) is 1. The maximum atomic E-state index is 11.5. The first-order valence-electron chi connectivity index (χ1n) is 9.02. The van der Waals surface area contributed by atoms with Gasteiger partial charge in [0.15, 0.2) is 5.12 Å². The normalized spacial score (nSPS) is 19.2. The molecule has 1 heterocycles. The summed E-state index contributed by atoms with van der Waals surface area (Å²) in [6.07, 6.45) is 2.01. The lowest BCUT2D eigenvalue weighted by molar-refractivity contribution is -0.109. The zero-order valence-electron chi connectivity index (χ0n) is 16.9. The van der Waals surface area contributed by atoms with Crippen LogP contribution in [-0.4, -0.2) is 29.2 Å². The fourth-order valence-corrected chi connectivity index (χ4v) is 3.22. The highest BCUT2D eigenvalue weighted by Gasteiger charge is 2.52. The van der Waals surface area contributed by atoms with Crippen LogP contribution in [0.4, 0.5) is 5.69 Å². The lowest BCUT2D eigenvalue weighted by atomic mass is 9.78. The van der Waals surface area contributed by atoms with E-state index >= 15 is 0 Å². The van der Waals surface area contributed by atoms with Gasteiger partial charge in [-0.15, -0.1) is 0 Å². The molecule has 1 aromatic carbocycles. The highest BCUT2D eigenvalue weighted by Crippen LogP contribution is 2.39. The molecule has 26 heavy (non-hydrogen) atoms. The number of nitrogen functional groups attached to an aromatic ring is 1. The summed E-state index contributed by atoms with van der Waals surface area (Å²) in [5.41, 5.74) is 9.12. The third-order valence-electron chi connectivity index (χ3n) is 5.12. The second-order valence-electron chi connectivity index (χ2n) is 8.13. The molecule has 1 aliphatic rings. The van der Waals surface area contributed by atoms with Gasteiger partial charge >= 0.3 is 7.12 Å². The lowest BCUT2D eigenvalue weighted by Gasteiger charge is -2.32. The van der Waals surface area contributed by atoms with Gasteiger partial charge in [-0.25, -0.2) is 0 Å². The summed E-state index contributed by atoms with van der Waals surface area (Å²) in [6.45, 7) is 14.0. The molecule has 1 fully saturated rings. The molecule has 1 aromatic rings. The summed E-state index contributed by atoms with van der Waals surface area (Å²) in [5, 5.41) is 0.0660. The molecular formula is C20H30BNO3S. The van der Waals surface area contributed by atoms with Gasteiger partial charge < -0.3 is 15.0 Å². The predicted molar refractivity (Wildman–Crippen MR) is 112 cm³/mol. The van der Waals surface area contributed by atoms with Crippen LogP contribution in [0.3, 0.4) is 0 Å². The van der Waals surface area contributed by atoms with Crippen molar-refractivity contribution in [2.45, 2.75) is 65.6 Å². The van der Waals surface area contributed by atoms with Gasteiger partial charge in [0.25, 0.3) is 0 Å². The Morgan fingerprint density at radius 1 is 1.23 bits per heavy atom. The summed E-state index contributed by atoms with van der Waals surface area (Å²) in [6, 6.07) is 6.08. The van der Waals surface area contributed by atoms with Gasteiger partial charge in [-0.05, 0) is 62.3 Å². The molecule has 4 nitrogen and oxygen atoms in total. The molecule has 0 aliphatic carbocycles. The van der Waals surface area contributed by atoms with Crippen molar-refractivity contribution in [1.29, 1.82) is 0 Å². The third-order valence-corrected chi connectivity index (χ3v) is 6.00. The molecule has 0 spiro atoms. The molecule has 0 unspecified atom stereocenters. The molecule has 0 saturated carbocycles. The minimum absolute atomic E-state index is 0.0660. The van der Waals surface area contributed by atoms with E-state index in [1.807, 2.05) is 39.8 Å². The highest BCUT2D eigenvalue weighted by atomic mass is 32.2. The van der Waals surface area contributed by atoms with Crippen molar-refractivity contribution in [3.63, 3.8) is 0 Å². The molecule has 0 atom stereocenters. The minimum atomic E-state index is -0.492. The van der Waals surface area contributed by atoms with Crippen LogP contribution < -0.4 is 5.73 Å². The fraction of sp³-hybridized carbons (Fsp3) is 0.550. The number of nitrogens with two attached hydrogens (primary N) is 1. The van der Waals surface area contributed by atoms with Crippen molar-refractivity contribution < 1.29 is 14.1 Å². The number of carbonyl (C=O) groups excluding carboxylic acids is 1. The summed E-state index contributed by atoms with van der Waals surface area (Å²) in [7, 11) is -0.492. The first-order chi connectivity index (χ1) is 11.9. The van der Waals surface area contributed by atoms with Crippen molar-refractivity contribution in [3.8, 4) is 0 Å². The van der Waals surface area contributed by atoms with Crippen LogP contribution in [-0.2, 0) is 14.1 Å². The van der Waals surface area contributed by atoms with E-state index in [2.05, 4.69) is 26.0 Å². The van der Waals surface area contributed by atoms with Gasteiger partial charge in [0, 0.05) is 18.4 Å². The van der Waals surface area contributed by atoms with Crippen molar-refractivity contribution in [3.05, 3.63) is 34.8 Å². The van der Waals surface area contributed by atoms with E-state index < -0.39 is 18.3 Å². The monoisotopic (exact) mass is 375 g/mol. The lowest BCUT2D eigenvalue weighted by Crippen LogP contribution is -2.41. The van der Waals surface area contributed by atoms with E-state index in [1.54, 1.807) is 6.92 Å². The third kappa shape index (κ3) is 4.73. The number of carbonyl (C=O) groups is 1. The van der Waals surface area contributed by atoms with Crippen LogP contribution in [0.1, 0.15) is 65.5 Å². The average molecular weight is 375 g/mol. The first-order valence-corrected chi connectivity index (χ1v) is 10.0. The Morgan fingerprint density at radius 3 is 2.31 bits per heavy atom. The Bertz CT molecular complexity index is 697. The maximum Gasteiger partial charge on any atom is 0.491 e. The van der Waals surface area contributed by atoms with E-state index in [1.165, 1.54) is 17.3 Å². The number of thioether (sulfide) groups is 1. The minimum Gasteiger partial charge on any atom is -0.400 e. The number of hydrogen-bond acceptors (Lipinski definition) is 5. The standard InChI is InChI=1S/C20H30BNO3S/c1-13(2)15-8-9-18(22)16(10-15)11-17(12-26-14(3)23)21-24-19(4,5)20(6,7)25-21/h8-11,13H,12,22H2,1-7H3. The molecule has 0 amide bonds. The quantitative estimate of drug-likeness (QED) is 0.598. The highest BCUT2D eigenvalue weighted by molar-refractivity contribution is 8.13. The predicted octanol–water partition coefficient (Wildman–Crippen LogP) is 4.69. The van der Waals surface area contributed by atoms with Crippen LogP contribution in [0.25, 0.3) is 6.08 Å². The van der Waals surface area contributed by atoms with Gasteiger partial charge in [-0.3, -0.25) is 4.79 Å². The summed E-state index contributed by atoms with van der Waals surface area (Å²) < 4.78 is 12.4. The Kier molecular flexibility index (Phi) is 6.31. The number of benzene rings is 1. The smallest absolute Gasteiger partial charge is 0.400 e. The van der Waals surface area contributed by atoms with Gasteiger partial charge in [-0.1, -0.05) is 37.8 Å². The second kappa shape index (κ2) is 7.79. The Morgan fingerprint density at radius 2 is 1.81 bits per heavy atom. The van der Waals surface area contributed by atoms with Gasteiger partial charge in [0.1, 0.15) is 0 Å². The number of rotatable bonds is 5. The molecule has 142 valence electrons. The van der Waals surface area contributed by atoms with Gasteiger partial charge in [0.2, 0.25) is 0 Å². The van der Waals surface area contributed by atoms with Crippen molar-refractivity contribution in [2.24, 2.45) is 0 Å². The topological polar surface area (TPSA) is 61.6 Å². The Balaban J connectivity index is 2.41. The second-order valence-corrected chi connectivity index (χ2v) is 9.28. The van der Waals surface area contributed by atoms with Gasteiger partial charge in [-0.2, -0.15) is 0 Å². The Labute approximate surface area is 162 Å². The van der Waals surface area contributed by atoms with Crippen LogP contribution in [0, 0.1) is 0 Å². The van der Waals surface area contributed by atoms with Crippen LogP contribution in [0.2, 0.25) is 0 Å². The van der Waals surface area contributed by atoms with Gasteiger partial charge in [0.05, 0.1) is 11.2 Å². The van der Waals surface area contributed by atoms with Crippen molar-refractivity contribution >= 4 is 35.8 Å². The zero-order chi connectivity index (χ0) is 19.7. The molecule has 6 heteroatoms.